The van der Waals surface area contributed by atoms with Crippen LogP contribution in [0, 0.1) is 0 Å². The average Bonchev–Trinajstić information content (AvgIpc) is 2.91. The highest BCUT2D eigenvalue weighted by molar-refractivity contribution is 7.16. The highest BCUT2D eigenvalue weighted by Crippen LogP contribution is 2.25. The van der Waals surface area contributed by atoms with Crippen LogP contribution in [-0.2, 0) is 0 Å². The van der Waals surface area contributed by atoms with E-state index in [1.807, 2.05) is 0 Å². The Balaban J connectivity index is 2.12. The van der Waals surface area contributed by atoms with Crippen molar-refractivity contribution in [2.24, 2.45) is 0 Å². The lowest BCUT2D eigenvalue weighted by atomic mass is 10.1. The summed E-state index contributed by atoms with van der Waals surface area (Å²) in [5.41, 5.74) is 1.77. The summed E-state index contributed by atoms with van der Waals surface area (Å²) in [7, 11) is 0. The van der Waals surface area contributed by atoms with Crippen molar-refractivity contribution in [3.8, 4) is 11.3 Å². The second-order valence-corrected chi connectivity index (χ2v) is 4.56. The van der Waals surface area contributed by atoms with Gasteiger partial charge < -0.3 is 9.52 Å². The maximum atomic E-state index is 11.1. The Kier molecular flexibility index (Phi) is 2.27. The van der Waals surface area contributed by atoms with Gasteiger partial charge in [0.1, 0.15) is 11.3 Å². The standard InChI is InChI=1S/C11H6N2O4S/c14-10(15)7-4-6(12-13-7)5-1-2-8-9(3-5)18-11(16)17-8/h1-4H,(H,12,13)(H,14,15). The van der Waals surface area contributed by atoms with Gasteiger partial charge in [-0.2, -0.15) is 5.10 Å². The van der Waals surface area contributed by atoms with E-state index in [9.17, 15) is 9.59 Å². The Hall–Kier alpha value is -2.41. The molecule has 2 heterocycles. The molecule has 7 heteroatoms. The second kappa shape index (κ2) is 3.81. The van der Waals surface area contributed by atoms with Crippen LogP contribution in [0.4, 0.5) is 0 Å². The molecule has 0 bridgehead atoms. The molecule has 1 aromatic carbocycles. The lowest BCUT2D eigenvalue weighted by Crippen LogP contribution is -1.95. The fourth-order valence-electron chi connectivity index (χ4n) is 1.61. The van der Waals surface area contributed by atoms with Crippen molar-refractivity contribution in [3.63, 3.8) is 0 Å². The topological polar surface area (TPSA) is 96.2 Å². The Morgan fingerprint density at radius 1 is 1.39 bits per heavy atom. The van der Waals surface area contributed by atoms with Gasteiger partial charge in [0.15, 0.2) is 0 Å². The molecule has 3 rings (SSSR count). The summed E-state index contributed by atoms with van der Waals surface area (Å²) in [6.07, 6.45) is 0. The number of carbonyl (C=O) groups is 1. The number of hydrogen-bond acceptors (Lipinski definition) is 5. The summed E-state index contributed by atoms with van der Waals surface area (Å²) in [5, 5.41) is 15.1. The van der Waals surface area contributed by atoms with Crippen LogP contribution in [0.5, 0.6) is 0 Å². The molecule has 6 nitrogen and oxygen atoms in total. The third-order valence-corrected chi connectivity index (χ3v) is 3.22. The lowest BCUT2D eigenvalue weighted by Gasteiger charge is -1.94. The summed E-state index contributed by atoms with van der Waals surface area (Å²) < 4.78 is 5.65. The Bertz CT molecular complexity index is 799. The van der Waals surface area contributed by atoms with Crippen molar-refractivity contribution in [1.29, 1.82) is 0 Å². The van der Waals surface area contributed by atoms with Gasteiger partial charge in [-0.1, -0.05) is 11.3 Å². The molecule has 0 atom stereocenters. The fraction of sp³-hybridized carbons (Fsp3) is 0. The van der Waals surface area contributed by atoms with Gasteiger partial charge in [-0.15, -0.1) is 0 Å². The Labute approximate surface area is 103 Å². The van der Waals surface area contributed by atoms with E-state index < -0.39 is 5.97 Å². The molecule has 90 valence electrons. The molecule has 0 saturated heterocycles. The molecular formula is C11H6N2O4S. The van der Waals surface area contributed by atoms with Crippen LogP contribution in [0.25, 0.3) is 21.5 Å². The summed E-state index contributed by atoms with van der Waals surface area (Å²) in [4.78, 5) is 21.5. The monoisotopic (exact) mass is 262 g/mol. The molecule has 0 unspecified atom stereocenters. The minimum atomic E-state index is -1.07. The summed E-state index contributed by atoms with van der Waals surface area (Å²) in [6.45, 7) is 0. The number of aromatic amines is 1. The normalized spacial score (nSPS) is 10.9. The zero-order chi connectivity index (χ0) is 12.7. The van der Waals surface area contributed by atoms with E-state index in [0.717, 1.165) is 16.9 Å². The van der Waals surface area contributed by atoms with Crippen molar-refractivity contribution in [3.05, 3.63) is 39.7 Å². The maximum Gasteiger partial charge on any atom is 0.396 e. The number of H-pyrrole nitrogens is 1. The SMILES string of the molecule is O=C(O)c1cc(-c2ccc3oc(=O)sc3c2)n[nH]1. The van der Waals surface area contributed by atoms with Gasteiger partial charge in [0, 0.05) is 5.56 Å². The van der Waals surface area contributed by atoms with Crippen LogP contribution < -0.4 is 4.94 Å². The number of hydrogen-bond donors (Lipinski definition) is 2. The maximum absolute atomic E-state index is 11.1. The number of carboxylic acids is 1. The van der Waals surface area contributed by atoms with E-state index in [0.29, 0.717) is 16.0 Å². The van der Waals surface area contributed by atoms with Crippen LogP contribution in [0.2, 0.25) is 0 Å². The minimum absolute atomic E-state index is 0.0190. The predicted molar refractivity (Wildman–Crippen MR) is 64.9 cm³/mol. The number of aromatic carboxylic acids is 1. The van der Waals surface area contributed by atoms with Crippen molar-refractivity contribution in [1.82, 2.24) is 10.2 Å². The number of fused-ring (bicyclic) bond motifs is 1. The van der Waals surface area contributed by atoms with Crippen LogP contribution >= 0.6 is 11.3 Å². The zero-order valence-electron chi connectivity index (χ0n) is 8.84. The van der Waals surface area contributed by atoms with Gasteiger partial charge in [0.05, 0.1) is 10.4 Å². The molecule has 0 aliphatic heterocycles. The van der Waals surface area contributed by atoms with Gasteiger partial charge in [0.25, 0.3) is 0 Å². The van der Waals surface area contributed by atoms with Gasteiger partial charge >= 0.3 is 10.9 Å². The first-order valence-corrected chi connectivity index (χ1v) is 5.78. The molecule has 0 amide bonds. The largest absolute Gasteiger partial charge is 0.477 e. The van der Waals surface area contributed by atoms with Gasteiger partial charge in [0.2, 0.25) is 0 Å². The van der Waals surface area contributed by atoms with E-state index in [2.05, 4.69) is 10.2 Å². The zero-order valence-corrected chi connectivity index (χ0v) is 9.65. The fourth-order valence-corrected chi connectivity index (χ4v) is 2.32. The molecule has 18 heavy (non-hydrogen) atoms. The van der Waals surface area contributed by atoms with Crippen LogP contribution in [0.1, 0.15) is 10.5 Å². The quantitative estimate of drug-likeness (QED) is 0.735. The van der Waals surface area contributed by atoms with E-state index >= 15 is 0 Å². The highest BCUT2D eigenvalue weighted by Gasteiger charge is 2.10. The van der Waals surface area contributed by atoms with Gasteiger partial charge in [-0.3, -0.25) is 5.10 Å². The van der Waals surface area contributed by atoms with Crippen LogP contribution in [0.15, 0.2) is 33.5 Å². The second-order valence-electron chi connectivity index (χ2n) is 3.59. The first-order valence-electron chi connectivity index (χ1n) is 4.96. The molecule has 0 spiro atoms. The van der Waals surface area contributed by atoms with E-state index in [-0.39, 0.29) is 10.6 Å². The third-order valence-electron chi connectivity index (χ3n) is 2.43. The number of rotatable bonds is 2. The molecule has 0 radical (unpaired) electrons. The van der Waals surface area contributed by atoms with Gasteiger partial charge in [-0.05, 0) is 24.3 Å². The molecular weight excluding hydrogens is 256 g/mol. The molecule has 2 aromatic heterocycles. The van der Waals surface area contributed by atoms with E-state index in [1.165, 1.54) is 6.07 Å². The molecule has 0 aliphatic rings. The van der Waals surface area contributed by atoms with Crippen molar-refractivity contribution >= 4 is 27.6 Å². The Morgan fingerprint density at radius 3 is 2.94 bits per heavy atom. The van der Waals surface area contributed by atoms with Crippen LogP contribution in [0.3, 0.4) is 0 Å². The number of nitrogens with one attached hydrogen (secondary N) is 1. The summed E-state index contributed by atoms with van der Waals surface area (Å²) in [6, 6.07) is 6.57. The van der Waals surface area contributed by atoms with Crippen molar-refractivity contribution in [2.45, 2.75) is 0 Å². The molecule has 3 aromatic rings. The molecule has 0 fully saturated rings. The Morgan fingerprint density at radius 2 is 2.22 bits per heavy atom. The number of aromatic nitrogens is 2. The number of carboxylic acid groups (broad SMARTS) is 1. The van der Waals surface area contributed by atoms with Crippen LogP contribution in [-0.4, -0.2) is 21.3 Å². The number of benzene rings is 1. The van der Waals surface area contributed by atoms with E-state index in [4.69, 9.17) is 9.52 Å². The smallest absolute Gasteiger partial charge is 0.396 e. The van der Waals surface area contributed by atoms with Gasteiger partial charge in [-0.25, -0.2) is 9.59 Å². The van der Waals surface area contributed by atoms with Crippen molar-refractivity contribution in [2.75, 3.05) is 0 Å². The lowest BCUT2D eigenvalue weighted by molar-refractivity contribution is 0.0690. The first-order chi connectivity index (χ1) is 8.63. The molecule has 0 saturated carbocycles. The van der Waals surface area contributed by atoms with Crippen molar-refractivity contribution < 1.29 is 14.3 Å². The number of nitrogens with zero attached hydrogens (tertiary/aromatic N) is 1. The first kappa shape index (κ1) is 10.7. The summed E-state index contributed by atoms with van der Waals surface area (Å²) in [5.74, 6) is -1.07. The third kappa shape index (κ3) is 1.70. The summed E-state index contributed by atoms with van der Waals surface area (Å²) >= 11 is 0.998. The average molecular weight is 262 g/mol. The van der Waals surface area contributed by atoms with E-state index in [1.54, 1.807) is 18.2 Å². The highest BCUT2D eigenvalue weighted by atomic mass is 32.1. The molecule has 2 N–H and O–H groups in total. The molecule has 0 aliphatic carbocycles. The minimum Gasteiger partial charge on any atom is -0.477 e. The predicted octanol–water partition coefficient (Wildman–Crippen LogP) is 1.94.